The maximum Gasteiger partial charge on any atom is 0.239 e. The molecule has 22 heavy (non-hydrogen) atoms. The zero-order valence-electron chi connectivity index (χ0n) is 11.4. The van der Waals surface area contributed by atoms with Gasteiger partial charge in [-0.1, -0.05) is 45.7 Å². The van der Waals surface area contributed by atoms with Gasteiger partial charge in [-0.3, -0.25) is 4.79 Å². The summed E-state index contributed by atoms with van der Waals surface area (Å²) in [5, 5.41) is 3.10. The molecule has 0 unspecified atom stereocenters. The lowest BCUT2D eigenvalue weighted by molar-refractivity contribution is -0.113. The van der Waals surface area contributed by atoms with Gasteiger partial charge in [-0.15, -0.1) is 0 Å². The van der Waals surface area contributed by atoms with Gasteiger partial charge in [0.2, 0.25) is 5.91 Å². The Labute approximate surface area is 142 Å². The fraction of sp³-hybridized carbons (Fsp3) is 0.133. The van der Waals surface area contributed by atoms with E-state index in [4.69, 9.17) is 11.6 Å². The van der Waals surface area contributed by atoms with Gasteiger partial charge in [0.1, 0.15) is 5.75 Å². The molecular formula is C15H13BrClNO3S. The van der Waals surface area contributed by atoms with E-state index >= 15 is 0 Å². The summed E-state index contributed by atoms with van der Waals surface area (Å²) >= 11 is 9.04. The standard InChI is InChI=1S/C15H13BrClNO3S/c16-12-2-1-3-14(8-12)18-15(19)10-22(20,21)9-11-4-6-13(17)7-5-11/h1-8H,9-10H2,(H,18,19). The van der Waals surface area contributed by atoms with Crippen molar-refractivity contribution in [1.29, 1.82) is 0 Å². The molecular weight excluding hydrogens is 390 g/mol. The number of anilines is 1. The molecule has 0 spiro atoms. The molecule has 0 heterocycles. The molecule has 0 aliphatic carbocycles. The first kappa shape index (κ1) is 17.0. The smallest absolute Gasteiger partial charge is 0.239 e. The highest BCUT2D eigenvalue weighted by atomic mass is 79.9. The number of hydrogen-bond acceptors (Lipinski definition) is 3. The summed E-state index contributed by atoms with van der Waals surface area (Å²) in [5.41, 5.74) is 1.14. The SMILES string of the molecule is O=C(CS(=O)(=O)Cc1ccc(Cl)cc1)Nc1cccc(Br)c1. The highest BCUT2D eigenvalue weighted by Crippen LogP contribution is 2.16. The van der Waals surface area contributed by atoms with E-state index in [1.54, 1.807) is 42.5 Å². The van der Waals surface area contributed by atoms with Crippen LogP contribution < -0.4 is 5.32 Å². The monoisotopic (exact) mass is 401 g/mol. The molecule has 0 aliphatic heterocycles. The maximum atomic E-state index is 12.0. The average Bonchev–Trinajstić information content (AvgIpc) is 2.40. The fourth-order valence-electron chi connectivity index (χ4n) is 1.85. The molecule has 0 radical (unpaired) electrons. The minimum atomic E-state index is -3.54. The Balaban J connectivity index is 1.99. The molecule has 2 aromatic carbocycles. The van der Waals surface area contributed by atoms with Crippen molar-refractivity contribution in [3.63, 3.8) is 0 Å². The number of sulfone groups is 1. The number of carbonyl (C=O) groups excluding carboxylic acids is 1. The first-order valence-electron chi connectivity index (χ1n) is 6.34. The van der Waals surface area contributed by atoms with Crippen LogP contribution in [-0.2, 0) is 20.4 Å². The average molecular weight is 403 g/mol. The van der Waals surface area contributed by atoms with Gasteiger partial charge in [0.05, 0.1) is 5.75 Å². The summed E-state index contributed by atoms with van der Waals surface area (Å²) in [6.45, 7) is 0. The van der Waals surface area contributed by atoms with Crippen LogP contribution in [-0.4, -0.2) is 20.1 Å². The van der Waals surface area contributed by atoms with Gasteiger partial charge >= 0.3 is 0 Å². The van der Waals surface area contributed by atoms with Crippen LogP contribution in [0.1, 0.15) is 5.56 Å². The van der Waals surface area contributed by atoms with Gasteiger partial charge in [-0.25, -0.2) is 8.42 Å². The predicted octanol–water partition coefficient (Wildman–Crippen LogP) is 3.66. The molecule has 4 nitrogen and oxygen atoms in total. The van der Waals surface area contributed by atoms with Crippen molar-refractivity contribution in [3.8, 4) is 0 Å². The Morgan fingerprint density at radius 3 is 2.45 bits per heavy atom. The molecule has 0 aromatic heterocycles. The van der Waals surface area contributed by atoms with E-state index in [9.17, 15) is 13.2 Å². The molecule has 7 heteroatoms. The van der Waals surface area contributed by atoms with Crippen LogP contribution in [0.2, 0.25) is 5.02 Å². The summed E-state index contributed by atoms with van der Waals surface area (Å²) in [6, 6.07) is 13.5. The summed E-state index contributed by atoms with van der Waals surface area (Å²) in [5.74, 6) is -1.33. The van der Waals surface area contributed by atoms with Gasteiger partial charge < -0.3 is 5.32 Å². The fourth-order valence-corrected chi connectivity index (χ4v) is 3.65. The van der Waals surface area contributed by atoms with Crippen LogP contribution in [0.4, 0.5) is 5.69 Å². The van der Waals surface area contributed by atoms with Crippen molar-refractivity contribution < 1.29 is 13.2 Å². The largest absolute Gasteiger partial charge is 0.325 e. The second-order valence-electron chi connectivity index (χ2n) is 4.72. The number of rotatable bonds is 5. The maximum absolute atomic E-state index is 12.0. The second kappa shape index (κ2) is 7.26. The highest BCUT2D eigenvalue weighted by Gasteiger charge is 2.17. The van der Waals surface area contributed by atoms with Crippen molar-refractivity contribution in [2.45, 2.75) is 5.75 Å². The topological polar surface area (TPSA) is 63.2 Å². The van der Waals surface area contributed by atoms with Crippen molar-refractivity contribution in [1.82, 2.24) is 0 Å². The summed E-state index contributed by atoms with van der Waals surface area (Å²) < 4.78 is 24.9. The molecule has 0 fully saturated rings. The number of benzene rings is 2. The van der Waals surface area contributed by atoms with Crippen LogP contribution in [0, 0.1) is 0 Å². The Kier molecular flexibility index (Phi) is 5.61. The lowest BCUT2D eigenvalue weighted by atomic mass is 10.2. The van der Waals surface area contributed by atoms with E-state index in [0.717, 1.165) is 4.47 Å². The third-order valence-electron chi connectivity index (χ3n) is 2.76. The molecule has 0 atom stereocenters. The van der Waals surface area contributed by atoms with Crippen LogP contribution in [0.5, 0.6) is 0 Å². The quantitative estimate of drug-likeness (QED) is 0.830. The van der Waals surface area contributed by atoms with Crippen molar-refractivity contribution in [3.05, 3.63) is 63.6 Å². The summed E-state index contributed by atoms with van der Waals surface area (Å²) in [6.07, 6.45) is 0. The van der Waals surface area contributed by atoms with E-state index in [-0.39, 0.29) is 5.75 Å². The molecule has 1 N–H and O–H groups in total. The van der Waals surface area contributed by atoms with Gasteiger partial charge in [0.15, 0.2) is 9.84 Å². The van der Waals surface area contributed by atoms with Crippen LogP contribution in [0.3, 0.4) is 0 Å². The highest BCUT2D eigenvalue weighted by molar-refractivity contribution is 9.10. The number of halogens is 2. The van der Waals surface area contributed by atoms with Gasteiger partial charge in [-0.2, -0.15) is 0 Å². The Morgan fingerprint density at radius 1 is 1.14 bits per heavy atom. The molecule has 0 bridgehead atoms. The molecule has 2 aromatic rings. The number of nitrogens with one attached hydrogen (secondary N) is 1. The second-order valence-corrected chi connectivity index (χ2v) is 8.13. The first-order valence-corrected chi connectivity index (χ1v) is 9.33. The van der Waals surface area contributed by atoms with Gasteiger partial charge in [0, 0.05) is 15.2 Å². The lowest BCUT2D eigenvalue weighted by Crippen LogP contribution is -2.23. The van der Waals surface area contributed by atoms with Crippen molar-refractivity contribution in [2.75, 3.05) is 11.1 Å². The third-order valence-corrected chi connectivity index (χ3v) is 4.98. The van der Waals surface area contributed by atoms with E-state index in [1.807, 2.05) is 6.07 Å². The van der Waals surface area contributed by atoms with Crippen LogP contribution in [0.25, 0.3) is 0 Å². The first-order chi connectivity index (χ1) is 10.3. The Bertz CT molecular complexity index is 776. The van der Waals surface area contributed by atoms with Crippen molar-refractivity contribution in [2.24, 2.45) is 0 Å². The van der Waals surface area contributed by atoms with Crippen LogP contribution in [0.15, 0.2) is 53.0 Å². The summed E-state index contributed by atoms with van der Waals surface area (Å²) in [4.78, 5) is 11.9. The van der Waals surface area contributed by atoms with E-state index in [2.05, 4.69) is 21.2 Å². The minimum absolute atomic E-state index is 0.198. The van der Waals surface area contributed by atoms with E-state index < -0.39 is 21.5 Å². The Hall–Kier alpha value is -1.37. The van der Waals surface area contributed by atoms with Gasteiger partial charge in [0.25, 0.3) is 0 Å². The zero-order chi connectivity index (χ0) is 16.2. The third kappa shape index (κ3) is 5.44. The normalized spacial score (nSPS) is 11.2. The Morgan fingerprint density at radius 2 is 1.82 bits per heavy atom. The molecule has 1 amide bonds. The minimum Gasteiger partial charge on any atom is -0.325 e. The van der Waals surface area contributed by atoms with Crippen molar-refractivity contribution >= 4 is 49.0 Å². The molecule has 0 aliphatic rings. The molecule has 2 rings (SSSR count). The predicted molar refractivity (Wildman–Crippen MR) is 91.7 cm³/mol. The number of carbonyl (C=O) groups is 1. The molecule has 0 saturated carbocycles. The van der Waals surface area contributed by atoms with Gasteiger partial charge in [-0.05, 0) is 35.9 Å². The number of hydrogen-bond donors (Lipinski definition) is 1. The molecule has 116 valence electrons. The zero-order valence-corrected chi connectivity index (χ0v) is 14.6. The van der Waals surface area contributed by atoms with E-state index in [0.29, 0.717) is 16.3 Å². The van der Waals surface area contributed by atoms with Crippen LogP contribution >= 0.6 is 27.5 Å². The van der Waals surface area contributed by atoms with E-state index in [1.165, 1.54) is 0 Å². The summed E-state index contributed by atoms with van der Waals surface area (Å²) in [7, 11) is -3.54. The molecule has 0 saturated heterocycles. The lowest BCUT2D eigenvalue weighted by Gasteiger charge is -2.07. The number of amides is 1.